The molecule has 6 nitrogen and oxygen atoms in total. The zero-order valence-electron chi connectivity index (χ0n) is 15.2. The quantitative estimate of drug-likeness (QED) is 0.635. The first kappa shape index (κ1) is 18.2. The van der Waals surface area contributed by atoms with Gasteiger partial charge >= 0.3 is 5.69 Å². The average Bonchev–Trinajstić information content (AvgIpc) is 2.96. The third-order valence-electron chi connectivity index (χ3n) is 4.68. The van der Waals surface area contributed by atoms with Gasteiger partial charge in [0.1, 0.15) is 5.56 Å². The molecule has 3 aromatic rings. The summed E-state index contributed by atoms with van der Waals surface area (Å²) in [6.07, 6.45) is 1.57. The normalized spacial score (nSPS) is 14.2. The van der Waals surface area contributed by atoms with Gasteiger partial charge in [-0.25, -0.2) is 9.36 Å². The number of allylic oxidation sites excluding steroid dienone is 1. The van der Waals surface area contributed by atoms with Gasteiger partial charge in [-0.1, -0.05) is 34.1 Å². The van der Waals surface area contributed by atoms with Gasteiger partial charge in [-0.05, 0) is 49.8 Å². The van der Waals surface area contributed by atoms with Crippen LogP contribution in [-0.4, -0.2) is 20.4 Å². The third-order valence-corrected chi connectivity index (χ3v) is 5.57. The van der Waals surface area contributed by atoms with Crippen LogP contribution in [0.15, 0.2) is 61.5 Å². The molecule has 1 aromatic heterocycles. The van der Waals surface area contributed by atoms with Crippen molar-refractivity contribution in [3.8, 4) is 11.6 Å². The van der Waals surface area contributed by atoms with Crippen LogP contribution in [0.3, 0.4) is 0 Å². The molecule has 0 radical (unpaired) electrons. The van der Waals surface area contributed by atoms with Gasteiger partial charge in [0.15, 0.2) is 0 Å². The molecule has 2 aromatic carbocycles. The number of hydrogen-bond acceptors (Lipinski definition) is 4. The van der Waals surface area contributed by atoms with E-state index < -0.39 is 17.1 Å². The lowest BCUT2D eigenvalue weighted by atomic mass is 10.0. The predicted molar refractivity (Wildman–Crippen MR) is 114 cm³/mol. The van der Waals surface area contributed by atoms with Crippen molar-refractivity contribution >= 4 is 39.0 Å². The van der Waals surface area contributed by atoms with Crippen LogP contribution in [0.2, 0.25) is 0 Å². The van der Waals surface area contributed by atoms with Gasteiger partial charge in [-0.2, -0.15) is 0 Å². The molecule has 0 saturated carbocycles. The largest absolute Gasteiger partial charge is 0.494 e. The standard InChI is InChI=1S/C21H16BrN3O3/c1-11-9-13(7-8-17(11)22)25-20(27)16(19(26)24-21(25)28)10-15-12(2)23-18-6-4-3-5-14(15)18/h3-10,27H,1-2H3,(H,24,26,28). The molecule has 0 spiro atoms. The number of rotatable bonds is 2. The molecule has 2 N–H and O–H groups in total. The van der Waals surface area contributed by atoms with Crippen LogP contribution in [0.1, 0.15) is 23.6 Å². The number of fused-ring (bicyclic) bond motifs is 1. The molecular formula is C21H16BrN3O3. The average molecular weight is 438 g/mol. The summed E-state index contributed by atoms with van der Waals surface area (Å²) in [4.78, 5) is 31.6. The van der Waals surface area contributed by atoms with Crippen molar-refractivity contribution < 1.29 is 5.11 Å². The number of aryl methyl sites for hydroxylation is 1. The number of benzene rings is 2. The molecule has 0 atom stereocenters. The van der Waals surface area contributed by atoms with Crippen molar-refractivity contribution in [2.24, 2.45) is 4.99 Å². The Morgan fingerprint density at radius 1 is 1.14 bits per heavy atom. The smallest absolute Gasteiger partial charge is 0.335 e. The zero-order valence-corrected chi connectivity index (χ0v) is 16.7. The minimum atomic E-state index is -0.705. The van der Waals surface area contributed by atoms with E-state index in [2.05, 4.69) is 25.9 Å². The van der Waals surface area contributed by atoms with Crippen LogP contribution in [0.4, 0.5) is 5.69 Å². The Morgan fingerprint density at radius 2 is 1.89 bits per heavy atom. The predicted octanol–water partition coefficient (Wildman–Crippen LogP) is 3.95. The van der Waals surface area contributed by atoms with Crippen LogP contribution in [0, 0.1) is 6.92 Å². The fraction of sp³-hybridized carbons (Fsp3) is 0.0952. The van der Waals surface area contributed by atoms with E-state index in [1.807, 2.05) is 38.1 Å². The number of aliphatic imine (C=N–C) groups is 1. The van der Waals surface area contributed by atoms with E-state index in [1.54, 1.807) is 24.3 Å². The SMILES string of the molecule is CC1=Nc2ccccc2C1=Cc1c(O)n(-c2ccc(Br)c(C)c2)c(=O)[nH]c1=O. The lowest BCUT2D eigenvalue weighted by Crippen LogP contribution is -2.30. The van der Waals surface area contributed by atoms with Crippen molar-refractivity contribution in [1.82, 2.24) is 9.55 Å². The Bertz CT molecular complexity index is 1300. The maximum Gasteiger partial charge on any atom is 0.335 e. The van der Waals surface area contributed by atoms with Crippen molar-refractivity contribution in [1.29, 1.82) is 0 Å². The van der Waals surface area contributed by atoms with Gasteiger partial charge in [0.2, 0.25) is 5.88 Å². The number of aromatic hydroxyl groups is 1. The summed E-state index contributed by atoms with van der Waals surface area (Å²) in [6.45, 7) is 3.71. The summed E-state index contributed by atoms with van der Waals surface area (Å²) in [5, 5.41) is 10.8. The summed E-state index contributed by atoms with van der Waals surface area (Å²) < 4.78 is 1.96. The number of halogens is 1. The highest BCUT2D eigenvalue weighted by Crippen LogP contribution is 2.36. The van der Waals surface area contributed by atoms with Gasteiger partial charge in [0, 0.05) is 21.3 Å². The first-order valence-corrected chi connectivity index (χ1v) is 9.37. The first-order chi connectivity index (χ1) is 13.4. The fourth-order valence-electron chi connectivity index (χ4n) is 3.24. The minimum absolute atomic E-state index is 0.00132. The van der Waals surface area contributed by atoms with Crippen LogP contribution < -0.4 is 11.2 Å². The van der Waals surface area contributed by atoms with Crippen LogP contribution in [-0.2, 0) is 0 Å². The molecule has 0 saturated heterocycles. The Balaban J connectivity index is 1.95. The Morgan fingerprint density at radius 3 is 2.64 bits per heavy atom. The van der Waals surface area contributed by atoms with Crippen molar-refractivity contribution in [3.05, 3.63) is 84.5 Å². The Hall–Kier alpha value is -3.19. The highest BCUT2D eigenvalue weighted by atomic mass is 79.9. The number of nitrogens with zero attached hydrogens (tertiary/aromatic N) is 2. The lowest BCUT2D eigenvalue weighted by Gasteiger charge is -2.12. The lowest BCUT2D eigenvalue weighted by molar-refractivity contribution is 0.429. The van der Waals surface area contributed by atoms with Gasteiger partial charge in [0.25, 0.3) is 5.56 Å². The van der Waals surface area contributed by atoms with Gasteiger partial charge in [-0.3, -0.25) is 14.8 Å². The molecule has 2 heterocycles. The van der Waals surface area contributed by atoms with Crippen molar-refractivity contribution in [3.63, 3.8) is 0 Å². The van der Waals surface area contributed by atoms with Gasteiger partial charge in [-0.15, -0.1) is 0 Å². The first-order valence-electron chi connectivity index (χ1n) is 8.58. The molecule has 0 fully saturated rings. The summed E-state index contributed by atoms with van der Waals surface area (Å²) in [7, 11) is 0. The number of aromatic amines is 1. The van der Waals surface area contributed by atoms with Crippen molar-refractivity contribution in [2.45, 2.75) is 13.8 Å². The molecule has 1 aliphatic heterocycles. The van der Waals surface area contributed by atoms with E-state index in [-0.39, 0.29) is 5.56 Å². The maximum atomic E-state index is 12.5. The Kier molecular flexibility index (Phi) is 4.39. The van der Waals surface area contributed by atoms with E-state index in [4.69, 9.17) is 0 Å². The maximum absolute atomic E-state index is 12.5. The van der Waals surface area contributed by atoms with E-state index in [0.717, 1.165) is 37.1 Å². The second-order valence-corrected chi connectivity index (χ2v) is 7.39. The highest BCUT2D eigenvalue weighted by Gasteiger charge is 2.20. The molecule has 4 rings (SSSR count). The second-order valence-electron chi connectivity index (χ2n) is 6.54. The summed E-state index contributed by atoms with van der Waals surface area (Å²) in [6, 6.07) is 12.8. The molecule has 140 valence electrons. The monoisotopic (exact) mass is 437 g/mol. The molecule has 28 heavy (non-hydrogen) atoms. The highest BCUT2D eigenvalue weighted by molar-refractivity contribution is 9.10. The number of para-hydroxylation sites is 1. The molecule has 0 unspecified atom stereocenters. The second kappa shape index (κ2) is 6.76. The summed E-state index contributed by atoms with van der Waals surface area (Å²) >= 11 is 3.41. The number of nitrogens with one attached hydrogen (secondary N) is 1. The van der Waals surface area contributed by atoms with Crippen molar-refractivity contribution in [2.75, 3.05) is 0 Å². The zero-order chi connectivity index (χ0) is 20.0. The molecule has 1 aliphatic rings. The summed E-state index contributed by atoms with van der Waals surface area (Å²) in [5.41, 5.74) is 3.13. The molecule has 0 amide bonds. The van der Waals surface area contributed by atoms with Gasteiger partial charge in [0.05, 0.1) is 11.4 Å². The topological polar surface area (TPSA) is 87.4 Å². The molecule has 0 aliphatic carbocycles. The number of H-pyrrole nitrogens is 1. The van der Waals surface area contributed by atoms with Crippen LogP contribution >= 0.6 is 15.9 Å². The molecular weight excluding hydrogens is 422 g/mol. The van der Waals surface area contributed by atoms with E-state index in [0.29, 0.717) is 5.69 Å². The molecule has 0 bridgehead atoms. The van der Waals surface area contributed by atoms with E-state index in [9.17, 15) is 14.7 Å². The van der Waals surface area contributed by atoms with Crippen LogP contribution in [0.5, 0.6) is 5.88 Å². The fourth-order valence-corrected chi connectivity index (χ4v) is 3.48. The van der Waals surface area contributed by atoms with E-state index >= 15 is 0 Å². The number of hydrogen-bond donors (Lipinski definition) is 2. The minimum Gasteiger partial charge on any atom is -0.494 e. The number of aromatic nitrogens is 2. The van der Waals surface area contributed by atoms with Crippen LogP contribution in [0.25, 0.3) is 17.3 Å². The molecule has 7 heteroatoms. The Labute approximate surface area is 168 Å². The summed E-state index contributed by atoms with van der Waals surface area (Å²) in [5.74, 6) is -0.417. The third kappa shape index (κ3) is 2.93. The van der Waals surface area contributed by atoms with Gasteiger partial charge < -0.3 is 5.11 Å². The van der Waals surface area contributed by atoms with E-state index in [1.165, 1.54) is 0 Å².